The normalized spacial score (nSPS) is 19.8. The van der Waals surface area contributed by atoms with E-state index < -0.39 is 10.0 Å². The molecule has 0 aromatic carbocycles. The van der Waals surface area contributed by atoms with Gasteiger partial charge in [-0.1, -0.05) is 13.8 Å². The van der Waals surface area contributed by atoms with Crippen LogP contribution in [0.25, 0.3) is 0 Å². The predicted octanol–water partition coefficient (Wildman–Crippen LogP) is 1.76. The molecular weight excluding hydrogens is 262 g/mol. The van der Waals surface area contributed by atoms with Crippen molar-refractivity contribution in [3.8, 4) is 6.07 Å². The molecule has 0 radical (unpaired) electrons. The van der Waals surface area contributed by atoms with Crippen molar-refractivity contribution in [1.82, 2.24) is 9.29 Å². The number of piperidine rings is 1. The first-order chi connectivity index (χ1) is 8.85. The molecule has 1 aliphatic heterocycles. The van der Waals surface area contributed by atoms with Crippen molar-refractivity contribution in [2.45, 2.75) is 31.6 Å². The van der Waals surface area contributed by atoms with E-state index >= 15 is 0 Å². The summed E-state index contributed by atoms with van der Waals surface area (Å²) >= 11 is 0. The first-order valence-electron chi connectivity index (χ1n) is 6.21. The van der Waals surface area contributed by atoms with Crippen LogP contribution in [0.2, 0.25) is 0 Å². The first kappa shape index (κ1) is 14.0. The highest BCUT2D eigenvalue weighted by Crippen LogP contribution is 2.31. The molecule has 102 valence electrons. The quantitative estimate of drug-likeness (QED) is 0.827. The summed E-state index contributed by atoms with van der Waals surface area (Å²) in [6, 6.07) is 4.76. The highest BCUT2D eigenvalue weighted by molar-refractivity contribution is 7.89. The van der Waals surface area contributed by atoms with Crippen LogP contribution < -0.4 is 0 Å². The lowest BCUT2D eigenvalue weighted by atomic mass is 9.85. The van der Waals surface area contributed by atoms with E-state index in [1.54, 1.807) is 0 Å². The number of rotatable bonds is 2. The third-order valence-corrected chi connectivity index (χ3v) is 5.18. The van der Waals surface area contributed by atoms with E-state index in [0.29, 0.717) is 13.1 Å². The summed E-state index contributed by atoms with van der Waals surface area (Å²) in [6.07, 6.45) is 3.16. The zero-order valence-electron chi connectivity index (χ0n) is 11.1. The van der Waals surface area contributed by atoms with E-state index in [4.69, 9.17) is 5.26 Å². The van der Waals surface area contributed by atoms with Crippen LogP contribution in [0.4, 0.5) is 0 Å². The van der Waals surface area contributed by atoms with Crippen LogP contribution in [-0.2, 0) is 10.0 Å². The van der Waals surface area contributed by atoms with Gasteiger partial charge in [-0.05, 0) is 30.4 Å². The summed E-state index contributed by atoms with van der Waals surface area (Å²) in [5.41, 5.74) is 0.226. The molecule has 0 unspecified atom stereocenters. The summed E-state index contributed by atoms with van der Waals surface area (Å²) in [7, 11) is -3.50. The van der Waals surface area contributed by atoms with Crippen molar-refractivity contribution >= 4 is 10.0 Å². The molecule has 1 aliphatic rings. The van der Waals surface area contributed by atoms with Crippen LogP contribution in [0.15, 0.2) is 23.2 Å². The Labute approximate surface area is 113 Å². The maximum absolute atomic E-state index is 12.5. The van der Waals surface area contributed by atoms with Crippen LogP contribution >= 0.6 is 0 Å². The minimum atomic E-state index is -3.50. The minimum Gasteiger partial charge on any atom is -0.244 e. The van der Waals surface area contributed by atoms with Crippen LogP contribution in [0.5, 0.6) is 0 Å². The van der Waals surface area contributed by atoms with Gasteiger partial charge < -0.3 is 0 Å². The minimum absolute atomic E-state index is 0.00530. The number of sulfonamides is 1. The number of hydrogen-bond acceptors (Lipinski definition) is 4. The molecule has 1 aromatic rings. The summed E-state index contributed by atoms with van der Waals surface area (Å²) < 4.78 is 26.5. The summed E-state index contributed by atoms with van der Waals surface area (Å²) in [5, 5.41) is 8.68. The fraction of sp³-hybridized carbons (Fsp3) is 0.538. The number of aromatic nitrogens is 1. The van der Waals surface area contributed by atoms with Gasteiger partial charge in [0.15, 0.2) is 0 Å². The third-order valence-electron chi connectivity index (χ3n) is 3.35. The topological polar surface area (TPSA) is 74.1 Å². The number of nitrogens with zero attached hydrogens (tertiary/aromatic N) is 3. The average molecular weight is 279 g/mol. The molecule has 0 amide bonds. The second-order valence-corrected chi connectivity index (χ2v) is 7.54. The monoisotopic (exact) mass is 279 g/mol. The summed E-state index contributed by atoms with van der Waals surface area (Å²) in [4.78, 5) is 3.98. The Hall–Kier alpha value is -1.45. The molecular formula is C13H17N3O2S. The van der Waals surface area contributed by atoms with Crippen molar-refractivity contribution < 1.29 is 8.42 Å². The van der Waals surface area contributed by atoms with E-state index in [1.807, 2.05) is 6.07 Å². The zero-order valence-corrected chi connectivity index (χ0v) is 11.9. The van der Waals surface area contributed by atoms with Crippen molar-refractivity contribution in [3.63, 3.8) is 0 Å². The standard InChI is InChI=1S/C13H17N3O2S/c1-13(2)6-3-7-16(10-13)19(17,18)12-5-4-11(8-14)15-9-12/h4-5,9H,3,6-7,10H2,1-2H3. The Kier molecular flexibility index (Phi) is 3.61. The second kappa shape index (κ2) is 4.91. The van der Waals surface area contributed by atoms with Gasteiger partial charge in [0, 0.05) is 19.3 Å². The molecule has 6 heteroatoms. The molecule has 1 saturated heterocycles. The van der Waals surface area contributed by atoms with Crippen LogP contribution in [0.3, 0.4) is 0 Å². The molecule has 1 fully saturated rings. The van der Waals surface area contributed by atoms with Gasteiger partial charge in [0.25, 0.3) is 0 Å². The van der Waals surface area contributed by atoms with Crippen molar-refractivity contribution in [3.05, 3.63) is 24.0 Å². The fourth-order valence-corrected chi connectivity index (χ4v) is 3.94. The second-order valence-electron chi connectivity index (χ2n) is 5.60. The lowest BCUT2D eigenvalue weighted by Crippen LogP contribution is -2.43. The van der Waals surface area contributed by atoms with Crippen molar-refractivity contribution in [2.24, 2.45) is 5.41 Å². The third kappa shape index (κ3) is 2.94. The number of pyridine rings is 1. The highest BCUT2D eigenvalue weighted by atomic mass is 32.2. The van der Waals surface area contributed by atoms with Gasteiger partial charge >= 0.3 is 0 Å². The van der Waals surface area contributed by atoms with Gasteiger partial charge in [0.1, 0.15) is 16.7 Å². The van der Waals surface area contributed by atoms with E-state index in [2.05, 4.69) is 18.8 Å². The smallest absolute Gasteiger partial charge is 0.244 e. The molecule has 1 aromatic heterocycles. The molecule has 2 heterocycles. The van der Waals surface area contributed by atoms with Crippen molar-refractivity contribution in [2.75, 3.05) is 13.1 Å². The largest absolute Gasteiger partial charge is 0.244 e. The molecule has 19 heavy (non-hydrogen) atoms. The predicted molar refractivity (Wildman–Crippen MR) is 70.7 cm³/mol. The zero-order chi connectivity index (χ0) is 14.1. The Morgan fingerprint density at radius 1 is 1.42 bits per heavy atom. The summed E-state index contributed by atoms with van der Waals surface area (Å²) in [5.74, 6) is 0. The van der Waals surface area contributed by atoms with Gasteiger partial charge in [0.2, 0.25) is 10.0 Å². The van der Waals surface area contributed by atoms with Crippen LogP contribution in [0, 0.1) is 16.7 Å². The fourth-order valence-electron chi connectivity index (χ4n) is 2.32. The molecule has 0 N–H and O–H groups in total. The molecule has 5 nitrogen and oxygen atoms in total. The molecule has 2 rings (SSSR count). The number of hydrogen-bond donors (Lipinski definition) is 0. The molecule has 0 atom stereocenters. The van der Waals surface area contributed by atoms with Crippen molar-refractivity contribution in [1.29, 1.82) is 5.26 Å². The van der Waals surface area contributed by atoms with Crippen LogP contribution in [0.1, 0.15) is 32.4 Å². The molecule has 0 spiro atoms. The Bertz CT molecular complexity index is 600. The van der Waals surface area contributed by atoms with E-state index in [0.717, 1.165) is 12.8 Å². The molecule has 0 aliphatic carbocycles. The van der Waals surface area contributed by atoms with E-state index in [9.17, 15) is 8.42 Å². The van der Waals surface area contributed by atoms with Crippen LogP contribution in [-0.4, -0.2) is 30.8 Å². The lowest BCUT2D eigenvalue weighted by molar-refractivity contribution is 0.187. The Morgan fingerprint density at radius 3 is 2.68 bits per heavy atom. The van der Waals surface area contributed by atoms with Gasteiger partial charge in [0.05, 0.1) is 0 Å². The van der Waals surface area contributed by atoms with E-state index in [-0.39, 0.29) is 16.0 Å². The first-order valence-corrected chi connectivity index (χ1v) is 7.65. The highest BCUT2D eigenvalue weighted by Gasteiger charge is 2.34. The molecule has 0 bridgehead atoms. The Morgan fingerprint density at radius 2 is 2.16 bits per heavy atom. The SMILES string of the molecule is CC1(C)CCCN(S(=O)(=O)c2ccc(C#N)nc2)C1. The maximum atomic E-state index is 12.5. The van der Waals surface area contributed by atoms with E-state index in [1.165, 1.54) is 22.6 Å². The number of nitriles is 1. The Balaban J connectivity index is 2.29. The average Bonchev–Trinajstić information content (AvgIpc) is 2.37. The molecule has 0 saturated carbocycles. The van der Waals surface area contributed by atoms with Gasteiger partial charge in [-0.25, -0.2) is 13.4 Å². The summed E-state index contributed by atoms with van der Waals surface area (Å²) in [6.45, 7) is 5.22. The maximum Gasteiger partial charge on any atom is 0.244 e. The lowest BCUT2D eigenvalue weighted by Gasteiger charge is -2.37. The van der Waals surface area contributed by atoms with Gasteiger partial charge in [-0.15, -0.1) is 0 Å². The van der Waals surface area contributed by atoms with Gasteiger partial charge in [-0.2, -0.15) is 9.57 Å². The van der Waals surface area contributed by atoms with Gasteiger partial charge in [-0.3, -0.25) is 0 Å².